The van der Waals surface area contributed by atoms with Gasteiger partial charge in [-0.25, -0.2) is 4.98 Å². The van der Waals surface area contributed by atoms with Crippen LogP contribution in [0, 0.1) is 11.8 Å². The number of imidazole rings is 1. The van der Waals surface area contributed by atoms with E-state index in [2.05, 4.69) is 45.8 Å². The molecule has 0 aliphatic carbocycles. The summed E-state index contributed by atoms with van der Waals surface area (Å²) >= 11 is 3.48. The molecule has 1 atom stereocenters. The van der Waals surface area contributed by atoms with Crippen molar-refractivity contribution >= 4 is 27.0 Å². The van der Waals surface area contributed by atoms with Gasteiger partial charge in [0.1, 0.15) is 5.82 Å². The number of rotatable bonds is 6. The smallest absolute Gasteiger partial charge is 0.107 e. The van der Waals surface area contributed by atoms with E-state index in [-0.39, 0.29) is 0 Å². The van der Waals surface area contributed by atoms with Crippen LogP contribution in [0.15, 0.2) is 22.7 Å². The van der Waals surface area contributed by atoms with Crippen LogP contribution in [-0.2, 0) is 6.42 Å². The maximum absolute atomic E-state index is 5.69. The van der Waals surface area contributed by atoms with Crippen LogP contribution in [-0.4, -0.2) is 16.5 Å². The van der Waals surface area contributed by atoms with Gasteiger partial charge in [0.2, 0.25) is 0 Å². The van der Waals surface area contributed by atoms with Crippen LogP contribution in [0.4, 0.5) is 0 Å². The normalized spacial score (nSPS) is 13.3. The molecular formula is C15H22BrN3. The predicted molar refractivity (Wildman–Crippen MR) is 84.1 cm³/mol. The molecule has 1 unspecified atom stereocenters. The third-order valence-electron chi connectivity index (χ3n) is 3.73. The highest BCUT2D eigenvalue weighted by atomic mass is 79.9. The maximum Gasteiger partial charge on any atom is 0.107 e. The number of aryl methyl sites for hydroxylation is 1. The molecule has 4 heteroatoms. The summed E-state index contributed by atoms with van der Waals surface area (Å²) < 4.78 is 1.08. The van der Waals surface area contributed by atoms with Crippen LogP contribution in [0.1, 0.15) is 32.5 Å². The molecule has 19 heavy (non-hydrogen) atoms. The van der Waals surface area contributed by atoms with E-state index in [1.54, 1.807) is 0 Å². The molecule has 104 valence electrons. The minimum atomic E-state index is 0.682. The highest BCUT2D eigenvalue weighted by Gasteiger charge is 2.13. The second-order valence-electron chi connectivity index (χ2n) is 5.47. The summed E-state index contributed by atoms with van der Waals surface area (Å²) in [5.74, 6) is 2.45. The molecule has 0 amide bonds. The first-order valence-electron chi connectivity index (χ1n) is 6.94. The van der Waals surface area contributed by atoms with Crippen molar-refractivity contribution in [3.63, 3.8) is 0 Å². The molecule has 0 saturated heterocycles. The lowest BCUT2D eigenvalue weighted by molar-refractivity contribution is 0.339. The second kappa shape index (κ2) is 6.53. The Morgan fingerprint density at radius 3 is 2.79 bits per heavy atom. The number of H-pyrrole nitrogens is 1. The predicted octanol–water partition coefficient (Wildman–Crippen LogP) is 3.88. The Balaban J connectivity index is 2.04. The topological polar surface area (TPSA) is 54.7 Å². The quantitative estimate of drug-likeness (QED) is 0.847. The van der Waals surface area contributed by atoms with Gasteiger partial charge in [-0.05, 0) is 49.4 Å². The first-order valence-corrected chi connectivity index (χ1v) is 7.73. The van der Waals surface area contributed by atoms with E-state index in [0.717, 1.165) is 47.1 Å². The number of aromatic nitrogens is 2. The fraction of sp³-hybridized carbons (Fsp3) is 0.533. The lowest BCUT2D eigenvalue weighted by atomic mass is 9.88. The first-order chi connectivity index (χ1) is 9.10. The molecule has 3 N–H and O–H groups in total. The molecule has 3 nitrogen and oxygen atoms in total. The van der Waals surface area contributed by atoms with Gasteiger partial charge in [0, 0.05) is 10.9 Å². The van der Waals surface area contributed by atoms with E-state index in [4.69, 9.17) is 5.73 Å². The molecule has 1 aromatic carbocycles. The van der Waals surface area contributed by atoms with Gasteiger partial charge in [-0.2, -0.15) is 0 Å². The number of nitrogens with two attached hydrogens (primary N) is 1. The summed E-state index contributed by atoms with van der Waals surface area (Å²) in [4.78, 5) is 8.04. The van der Waals surface area contributed by atoms with Gasteiger partial charge in [-0.15, -0.1) is 0 Å². The number of halogens is 1. The monoisotopic (exact) mass is 323 g/mol. The van der Waals surface area contributed by atoms with E-state index in [9.17, 15) is 0 Å². The Labute approximate surface area is 123 Å². The average molecular weight is 324 g/mol. The first kappa shape index (κ1) is 14.5. The van der Waals surface area contributed by atoms with Gasteiger partial charge in [-0.3, -0.25) is 0 Å². The van der Waals surface area contributed by atoms with Gasteiger partial charge in [0.25, 0.3) is 0 Å². The van der Waals surface area contributed by atoms with Gasteiger partial charge in [0.05, 0.1) is 11.0 Å². The minimum Gasteiger partial charge on any atom is -0.342 e. The average Bonchev–Trinajstić information content (AvgIpc) is 2.75. The Morgan fingerprint density at radius 2 is 2.11 bits per heavy atom. The molecule has 0 spiro atoms. The third kappa shape index (κ3) is 3.80. The Hall–Kier alpha value is -0.870. The summed E-state index contributed by atoms with van der Waals surface area (Å²) in [6.45, 7) is 5.32. The van der Waals surface area contributed by atoms with Crippen molar-refractivity contribution in [2.24, 2.45) is 17.6 Å². The fourth-order valence-corrected chi connectivity index (χ4v) is 2.86. The molecular weight excluding hydrogens is 302 g/mol. The Kier molecular flexibility index (Phi) is 4.99. The fourth-order valence-electron chi connectivity index (χ4n) is 2.50. The molecule has 1 aromatic heterocycles. The van der Waals surface area contributed by atoms with Crippen LogP contribution in [0.5, 0.6) is 0 Å². The zero-order chi connectivity index (χ0) is 13.8. The molecule has 0 aliphatic rings. The number of benzene rings is 1. The SMILES string of the molecule is CC(C)C(CCN)CCc1nc2ccc(Br)cc2[nH]1. The van der Waals surface area contributed by atoms with Crippen molar-refractivity contribution in [3.05, 3.63) is 28.5 Å². The van der Waals surface area contributed by atoms with Crippen molar-refractivity contribution in [2.75, 3.05) is 6.54 Å². The molecule has 0 bridgehead atoms. The number of aromatic amines is 1. The van der Waals surface area contributed by atoms with E-state index in [1.807, 2.05) is 12.1 Å². The summed E-state index contributed by atoms with van der Waals surface area (Å²) in [5, 5.41) is 0. The molecule has 0 saturated carbocycles. The van der Waals surface area contributed by atoms with Gasteiger partial charge < -0.3 is 10.7 Å². The molecule has 1 heterocycles. The van der Waals surface area contributed by atoms with E-state index >= 15 is 0 Å². The highest BCUT2D eigenvalue weighted by molar-refractivity contribution is 9.10. The number of fused-ring (bicyclic) bond motifs is 1. The molecule has 2 rings (SSSR count). The standard InChI is InChI=1S/C15H22BrN3/c1-10(2)11(7-8-17)3-6-15-18-13-5-4-12(16)9-14(13)19-15/h4-5,9-11H,3,6-8,17H2,1-2H3,(H,18,19). The van der Waals surface area contributed by atoms with Crippen LogP contribution < -0.4 is 5.73 Å². The van der Waals surface area contributed by atoms with Crippen LogP contribution in [0.25, 0.3) is 11.0 Å². The number of hydrogen-bond donors (Lipinski definition) is 2. The van der Waals surface area contributed by atoms with Crippen LogP contribution in [0.2, 0.25) is 0 Å². The lowest BCUT2D eigenvalue weighted by Crippen LogP contribution is -2.15. The molecule has 0 aliphatic heterocycles. The van der Waals surface area contributed by atoms with Crippen molar-refractivity contribution in [1.29, 1.82) is 0 Å². The number of nitrogens with one attached hydrogen (secondary N) is 1. The van der Waals surface area contributed by atoms with Gasteiger partial charge in [-0.1, -0.05) is 29.8 Å². The summed E-state index contributed by atoms with van der Waals surface area (Å²) in [6.07, 6.45) is 3.24. The molecule has 0 radical (unpaired) electrons. The summed E-state index contributed by atoms with van der Waals surface area (Å²) in [6, 6.07) is 6.14. The van der Waals surface area contributed by atoms with Crippen LogP contribution >= 0.6 is 15.9 Å². The summed E-state index contributed by atoms with van der Waals surface area (Å²) in [7, 11) is 0. The van der Waals surface area contributed by atoms with Crippen molar-refractivity contribution in [1.82, 2.24) is 9.97 Å². The minimum absolute atomic E-state index is 0.682. The Bertz CT molecular complexity index is 533. The van der Waals surface area contributed by atoms with Crippen LogP contribution in [0.3, 0.4) is 0 Å². The lowest BCUT2D eigenvalue weighted by Gasteiger charge is -2.19. The second-order valence-corrected chi connectivity index (χ2v) is 6.38. The molecule has 0 fully saturated rings. The number of hydrogen-bond acceptors (Lipinski definition) is 2. The Morgan fingerprint density at radius 1 is 1.32 bits per heavy atom. The zero-order valence-corrected chi connectivity index (χ0v) is 13.2. The van der Waals surface area contributed by atoms with Gasteiger partial charge in [0.15, 0.2) is 0 Å². The molecule has 2 aromatic rings. The van der Waals surface area contributed by atoms with Gasteiger partial charge >= 0.3 is 0 Å². The summed E-state index contributed by atoms with van der Waals surface area (Å²) in [5.41, 5.74) is 7.83. The third-order valence-corrected chi connectivity index (χ3v) is 4.22. The van der Waals surface area contributed by atoms with Crippen molar-refractivity contribution in [2.45, 2.75) is 33.1 Å². The van der Waals surface area contributed by atoms with Crippen molar-refractivity contribution < 1.29 is 0 Å². The van der Waals surface area contributed by atoms with E-state index < -0.39 is 0 Å². The maximum atomic E-state index is 5.69. The largest absolute Gasteiger partial charge is 0.342 e. The van der Waals surface area contributed by atoms with Crippen molar-refractivity contribution in [3.8, 4) is 0 Å². The van der Waals surface area contributed by atoms with E-state index in [0.29, 0.717) is 11.8 Å². The van der Waals surface area contributed by atoms with E-state index in [1.165, 1.54) is 0 Å². The number of nitrogens with zero attached hydrogens (tertiary/aromatic N) is 1. The highest BCUT2D eigenvalue weighted by Crippen LogP contribution is 2.22. The zero-order valence-electron chi connectivity index (χ0n) is 11.6.